The summed E-state index contributed by atoms with van der Waals surface area (Å²) in [6.07, 6.45) is 2.31. The first-order valence-corrected chi connectivity index (χ1v) is 6.40. The van der Waals surface area contributed by atoms with Crippen LogP contribution in [-0.2, 0) is 4.79 Å². The van der Waals surface area contributed by atoms with Gasteiger partial charge in [0, 0.05) is 13.1 Å². The first-order chi connectivity index (χ1) is 8.14. The lowest BCUT2D eigenvalue weighted by atomic mass is 9.87. The third-order valence-electron chi connectivity index (χ3n) is 3.62. The highest BCUT2D eigenvalue weighted by molar-refractivity contribution is 5.83. The number of nitrogens with one attached hydrogen (secondary N) is 1. The molecule has 2 N–H and O–H groups in total. The van der Waals surface area contributed by atoms with Crippen LogP contribution in [0.1, 0.15) is 40.5 Å². The molecule has 5 nitrogen and oxygen atoms in total. The van der Waals surface area contributed by atoms with Crippen LogP contribution in [-0.4, -0.2) is 41.1 Å². The van der Waals surface area contributed by atoms with Crippen LogP contribution in [0.4, 0.5) is 4.79 Å². The van der Waals surface area contributed by atoms with Gasteiger partial charge in [0.05, 0.1) is 0 Å². The predicted molar refractivity (Wildman–Crippen MR) is 69.4 cm³/mol. The standard InChI is InChI=1S/C13H24N2O3/c1-8(9-6-7-9)15(5)12(18)14-10(11(16)17)13(2,3)4/h8-10H,6-7H2,1-5H3,(H,14,18)(H,16,17)/t8?,10-/m0/s1. The molecule has 0 bridgehead atoms. The molecule has 0 aliphatic heterocycles. The van der Waals surface area contributed by atoms with Crippen molar-refractivity contribution in [1.29, 1.82) is 0 Å². The quantitative estimate of drug-likeness (QED) is 0.807. The minimum Gasteiger partial charge on any atom is -0.480 e. The zero-order valence-corrected chi connectivity index (χ0v) is 11.9. The van der Waals surface area contributed by atoms with Gasteiger partial charge >= 0.3 is 12.0 Å². The number of hydrogen-bond donors (Lipinski definition) is 2. The zero-order chi connectivity index (χ0) is 14.1. The highest BCUT2D eigenvalue weighted by atomic mass is 16.4. The molecule has 1 aliphatic rings. The maximum atomic E-state index is 12.0. The first kappa shape index (κ1) is 14.8. The van der Waals surface area contributed by atoms with Gasteiger partial charge in [-0.3, -0.25) is 0 Å². The van der Waals surface area contributed by atoms with E-state index in [0.717, 1.165) is 12.8 Å². The average molecular weight is 256 g/mol. The van der Waals surface area contributed by atoms with Crippen molar-refractivity contribution in [3.05, 3.63) is 0 Å². The Morgan fingerprint density at radius 3 is 2.17 bits per heavy atom. The third kappa shape index (κ3) is 3.62. The number of carbonyl (C=O) groups is 2. The molecule has 18 heavy (non-hydrogen) atoms. The second kappa shape index (κ2) is 5.16. The Morgan fingerprint density at radius 1 is 1.33 bits per heavy atom. The first-order valence-electron chi connectivity index (χ1n) is 6.40. The Labute approximate surface area is 109 Å². The Bertz CT molecular complexity index is 332. The van der Waals surface area contributed by atoms with Crippen LogP contribution in [0.2, 0.25) is 0 Å². The minimum absolute atomic E-state index is 0.166. The topological polar surface area (TPSA) is 69.6 Å². The lowest BCUT2D eigenvalue weighted by molar-refractivity contribution is -0.142. The molecular weight excluding hydrogens is 232 g/mol. The van der Waals surface area contributed by atoms with Gasteiger partial charge in [-0.2, -0.15) is 0 Å². The maximum Gasteiger partial charge on any atom is 0.326 e. The van der Waals surface area contributed by atoms with Gasteiger partial charge in [0.15, 0.2) is 0 Å². The molecule has 5 heteroatoms. The number of nitrogens with zero attached hydrogens (tertiary/aromatic N) is 1. The Balaban J connectivity index is 2.63. The lowest BCUT2D eigenvalue weighted by Gasteiger charge is -2.32. The molecule has 1 aliphatic carbocycles. The van der Waals surface area contributed by atoms with E-state index in [9.17, 15) is 9.59 Å². The normalized spacial score (nSPS) is 18.9. The molecule has 0 aromatic heterocycles. The van der Waals surface area contributed by atoms with Crippen LogP contribution in [0.15, 0.2) is 0 Å². The number of carbonyl (C=O) groups excluding carboxylic acids is 1. The van der Waals surface area contributed by atoms with Gasteiger partial charge < -0.3 is 15.3 Å². The van der Waals surface area contributed by atoms with Crippen molar-refractivity contribution in [2.45, 2.75) is 52.6 Å². The molecule has 0 heterocycles. The van der Waals surface area contributed by atoms with Crippen molar-refractivity contribution < 1.29 is 14.7 Å². The van der Waals surface area contributed by atoms with Crippen molar-refractivity contribution >= 4 is 12.0 Å². The number of urea groups is 1. The van der Waals surface area contributed by atoms with Crippen LogP contribution >= 0.6 is 0 Å². The molecule has 1 saturated carbocycles. The largest absolute Gasteiger partial charge is 0.480 e. The van der Waals surface area contributed by atoms with Gasteiger partial charge in [0.1, 0.15) is 6.04 Å². The molecule has 0 spiro atoms. The van der Waals surface area contributed by atoms with Crippen molar-refractivity contribution in [2.75, 3.05) is 7.05 Å². The summed E-state index contributed by atoms with van der Waals surface area (Å²) in [6.45, 7) is 7.41. The van der Waals surface area contributed by atoms with Crippen LogP contribution in [0.3, 0.4) is 0 Å². The summed E-state index contributed by atoms with van der Waals surface area (Å²) in [4.78, 5) is 24.8. The summed E-state index contributed by atoms with van der Waals surface area (Å²) >= 11 is 0. The molecule has 2 atom stereocenters. The van der Waals surface area contributed by atoms with Crippen molar-refractivity contribution in [3.63, 3.8) is 0 Å². The van der Waals surface area contributed by atoms with E-state index in [1.54, 1.807) is 32.7 Å². The van der Waals surface area contributed by atoms with E-state index in [1.807, 2.05) is 6.92 Å². The number of carboxylic acid groups (broad SMARTS) is 1. The van der Waals surface area contributed by atoms with E-state index in [-0.39, 0.29) is 12.1 Å². The molecular formula is C13H24N2O3. The van der Waals surface area contributed by atoms with Crippen molar-refractivity contribution in [3.8, 4) is 0 Å². The van der Waals surface area contributed by atoms with Crippen LogP contribution in [0.5, 0.6) is 0 Å². The number of rotatable bonds is 4. The summed E-state index contributed by atoms with van der Waals surface area (Å²) < 4.78 is 0. The predicted octanol–water partition coefficient (Wildman–Crippen LogP) is 1.93. The third-order valence-corrected chi connectivity index (χ3v) is 3.62. The zero-order valence-electron chi connectivity index (χ0n) is 11.9. The molecule has 1 fully saturated rings. The molecule has 0 aromatic carbocycles. The van der Waals surface area contributed by atoms with E-state index >= 15 is 0 Å². The van der Waals surface area contributed by atoms with E-state index in [2.05, 4.69) is 5.32 Å². The summed E-state index contributed by atoms with van der Waals surface area (Å²) in [6, 6.07) is -1.02. The summed E-state index contributed by atoms with van der Waals surface area (Å²) in [5.74, 6) is -0.429. The fraction of sp³-hybridized carbons (Fsp3) is 0.846. The fourth-order valence-electron chi connectivity index (χ4n) is 1.95. The van der Waals surface area contributed by atoms with Crippen molar-refractivity contribution in [1.82, 2.24) is 10.2 Å². The maximum absolute atomic E-state index is 12.0. The van der Waals surface area contributed by atoms with Gasteiger partial charge in [-0.15, -0.1) is 0 Å². The monoisotopic (exact) mass is 256 g/mol. The van der Waals surface area contributed by atoms with Gasteiger partial charge in [-0.1, -0.05) is 20.8 Å². The molecule has 0 radical (unpaired) electrons. The summed E-state index contributed by atoms with van der Waals surface area (Å²) in [5, 5.41) is 11.8. The number of aliphatic carboxylic acids is 1. The smallest absolute Gasteiger partial charge is 0.326 e. The molecule has 2 amide bonds. The van der Waals surface area contributed by atoms with Crippen LogP contribution in [0, 0.1) is 11.3 Å². The highest BCUT2D eigenvalue weighted by Gasteiger charge is 2.36. The summed E-state index contributed by atoms with van der Waals surface area (Å²) in [5.41, 5.74) is -0.509. The SMILES string of the molecule is CC(C1CC1)N(C)C(=O)N[C@@H](C(=O)O)C(C)(C)C. The molecule has 1 rings (SSSR count). The van der Waals surface area contributed by atoms with Gasteiger partial charge in [0.25, 0.3) is 0 Å². The van der Waals surface area contributed by atoms with Gasteiger partial charge in [0.2, 0.25) is 0 Å². The second-order valence-corrected chi connectivity index (χ2v) is 6.28. The molecule has 104 valence electrons. The fourth-order valence-corrected chi connectivity index (χ4v) is 1.95. The average Bonchev–Trinajstić information content (AvgIpc) is 3.04. The lowest BCUT2D eigenvalue weighted by Crippen LogP contribution is -2.54. The minimum atomic E-state index is -0.997. The molecule has 1 unspecified atom stereocenters. The Kier molecular flexibility index (Phi) is 4.24. The highest BCUT2D eigenvalue weighted by Crippen LogP contribution is 2.34. The second-order valence-electron chi connectivity index (χ2n) is 6.28. The Morgan fingerprint density at radius 2 is 1.83 bits per heavy atom. The number of hydrogen-bond acceptors (Lipinski definition) is 2. The van der Waals surface area contributed by atoms with Gasteiger partial charge in [-0.25, -0.2) is 9.59 Å². The van der Waals surface area contributed by atoms with E-state index in [1.165, 1.54) is 0 Å². The molecule has 0 aromatic rings. The molecule has 0 saturated heterocycles. The van der Waals surface area contributed by atoms with E-state index in [0.29, 0.717) is 5.92 Å². The number of amides is 2. The van der Waals surface area contributed by atoms with Crippen LogP contribution < -0.4 is 5.32 Å². The van der Waals surface area contributed by atoms with E-state index < -0.39 is 17.4 Å². The number of carboxylic acids is 1. The van der Waals surface area contributed by atoms with Crippen molar-refractivity contribution in [2.24, 2.45) is 11.3 Å². The van der Waals surface area contributed by atoms with Crippen LogP contribution in [0.25, 0.3) is 0 Å². The van der Waals surface area contributed by atoms with Gasteiger partial charge in [-0.05, 0) is 31.1 Å². The Hall–Kier alpha value is -1.26. The summed E-state index contributed by atoms with van der Waals surface area (Å²) in [7, 11) is 1.72. The van der Waals surface area contributed by atoms with E-state index in [4.69, 9.17) is 5.11 Å².